The Morgan fingerprint density at radius 1 is 1.05 bits per heavy atom. The monoisotopic (exact) mass is 370 g/mol. The Morgan fingerprint density at radius 2 is 1.71 bits per heavy atom. The third kappa shape index (κ3) is 4.30. The van der Waals surface area contributed by atoms with E-state index in [0.29, 0.717) is 11.1 Å². The molecule has 0 fully saturated rings. The SMILES string of the molecule is COCCc1ccc(OS(=O)(=O)c2ccccc2Br)cc1. The number of hydrogen-bond donors (Lipinski definition) is 0. The van der Waals surface area contributed by atoms with Crippen LogP contribution in [0, 0.1) is 0 Å². The van der Waals surface area contributed by atoms with Gasteiger partial charge in [-0.15, -0.1) is 0 Å². The lowest BCUT2D eigenvalue weighted by molar-refractivity contribution is 0.202. The van der Waals surface area contributed by atoms with Gasteiger partial charge in [0, 0.05) is 11.6 Å². The lowest BCUT2D eigenvalue weighted by Crippen LogP contribution is -2.10. The zero-order valence-corrected chi connectivity index (χ0v) is 13.9. The van der Waals surface area contributed by atoms with Gasteiger partial charge in [0.2, 0.25) is 0 Å². The molecule has 2 aromatic carbocycles. The molecule has 0 atom stereocenters. The summed E-state index contributed by atoms with van der Waals surface area (Å²) in [7, 11) is -2.20. The molecule has 0 heterocycles. The Morgan fingerprint density at radius 3 is 2.33 bits per heavy atom. The fourth-order valence-electron chi connectivity index (χ4n) is 1.75. The summed E-state index contributed by atoms with van der Waals surface area (Å²) in [5, 5.41) is 0. The van der Waals surface area contributed by atoms with Crippen LogP contribution >= 0.6 is 15.9 Å². The van der Waals surface area contributed by atoms with Gasteiger partial charge in [0.1, 0.15) is 10.6 Å². The van der Waals surface area contributed by atoms with E-state index >= 15 is 0 Å². The van der Waals surface area contributed by atoms with E-state index in [1.165, 1.54) is 6.07 Å². The molecule has 0 N–H and O–H groups in total. The van der Waals surface area contributed by atoms with Gasteiger partial charge in [-0.05, 0) is 52.2 Å². The normalized spacial score (nSPS) is 11.3. The molecule has 6 heteroatoms. The van der Waals surface area contributed by atoms with Gasteiger partial charge in [0.05, 0.1) is 6.61 Å². The van der Waals surface area contributed by atoms with Crippen LogP contribution in [0.5, 0.6) is 5.75 Å². The molecule has 0 aliphatic rings. The minimum atomic E-state index is -3.85. The van der Waals surface area contributed by atoms with E-state index in [9.17, 15) is 8.42 Å². The molecule has 0 aliphatic carbocycles. The van der Waals surface area contributed by atoms with Crippen LogP contribution in [0.15, 0.2) is 57.9 Å². The smallest absolute Gasteiger partial charge is 0.340 e. The summed E-state index contributed by atoms with van der Waals surface area (Å²) in [5.41, 5.74) is 1.06. The van der Waals surface area contributed by atoms with Crippen molar-refractivity contribution < 1.29 is 17.3 Å². The van der Waals surface area contributed by atoms with Gasteiger partial charge in [-0.3, -0.25) is 0 Å². The number of hydrogen-bond acceptors (Lipinski definition) is 4. The Kier molecular flexibility index (Phi) is 5.39. The van der Waals surface area contributed by atoms with E-state index < -0.39 is 10.1 Å². The molecule has 2 rings (SSSR count). The molecule has 0 saturated carbocycles. The zero-order valence-electron chi connectivity index (χ0n) is 11.5. The maximum atomic E-state index is 12.2. The summed E-state index contributed by atoms with van der Waals surface area (Å²) in [6.45, 7) is 0.621. The molecular formula is C15H15BrO4S. The van der Waals surface area contributed by atoms with Gasteiger partial charge in [-0.2, -0.15) is 8.42 Å². The number of benzene rings is 2. The zero-order chi connectivity index (χ0) is 15.3. The highest BCUT2D eigenvalue weighted by molar-refractivity contribution is 9.10. The number of halogens is 1. The van der Waals surface area contributed by atoms with E-state index in [4.69, 9.17) is 8.92 Å². The second-order valence-electron chi connectivity index (χ2n) is 4.35. The summed E-state index contributed by atoms with van der Waals surface area (Å²) >= 11 is 3.21. The first kappa shape index (κ1) is 16.0. The summed E-state index contributed by atoms with van der Waals surface area (Å²) < 4.78 is 35.0. The third-order valence-corrected chi connectivity index (χ3v) is 5.09. The summed E-state index contributed by atoms with van der Waals surface area (Å²) in [5.74, 6) is 0.284. The third-order valence-electron chi connectivity index (χ3n) is 2.83. The fourth-order valence-corrected chi connectivity index (χ4v) is 3.64. The average Bonchev–Trinajstić information content (AvgIpc) is 2.46. The molecule has 0 amide bonds. The lowest BCUT2D eigenvalue weighted by Gasteiger charge is -2.09. The molecule has 2 aromatic rings. The molecule has 0 spiro atoms. The summed E-state index contributed by atoms with van der Waals surface area (Å²) in [4.78, 5) is 0.105. The Labute approximate surface area is 133 Å². The maximum Gasteiger partial charge on any atom is 0.340 e. The summed E-state index contributed by atoms with van der Waals surface area (Å²) in [6, 6.07) is 13.5. The van der Waals surface area contributed by atoms with E-state index in [0.717, 1.165) is 12.0 Å². The van der Waals surface area contributed by atoms with Gasteiger partial charge in [0.25, 0.3) is 0 Å². The van der Waals surface area contributed by atoms with Crippen LogP contribution in [0.3, 0.4) is 0 Å². The van der Waals surface area contributed by atoms with Crippen molar-refractivity contribution in [2.45, 2.75) is 11.3 Å². The highest BCUT2D eigenvalue weighted by atomic mass is 79.9. The second-order valence-corrected chi connectivity index (χ2v) is 6.72. The lowest BCUT2D eigenvalue weighted by atomic mass is 10.1. The predicted octanol–water partition coefficient (Wildman–Crippen LogP) is 3.41. The molecule has 4 nitrogen and oxygen atoms in total. The molecule has 0 aromatic heterocycles. The molecule has 0 radical (unpaired) electrons. The van der Waals surface area contributed by atoms with Crippen molar-refractivity contribution in [3.05, 3.63) is 58.6 Å². The number of methoxy groups -OCH3 is 1. The summed E-state index contributed by atoms with van der Waals surface area (Å²) in [6.07, 6.45) is 0.772. The van der Waals surface area contributed by atoms with Crippen LogP contribution < -0.4 is 4.18 Å². The van der Waals surface area contributed by atoms with Crippen molar-refractivity contribution >= 4 is 26.0 Å². The van der Waals surface area contributed by atoms with Crippen LogP contribution in [0.4, 0.5) is 0 Å². The molecular weight excluding hydrogens is 356 g/mol. The topological polar surface area (TPSA) is 52.6 Å². The fraction of sp³-hybridized carbons (Fsp3) is 0.200. The Hall–Kier alpha value is -1.37. The first-order valence-electron chi connectivity index (χ1n) is 6.30. The standard InChI is InChI=1S/C15H15BrO4S/c1-19-11-10-12-6-8-13(9-7-12)20-21(17,18)15-5-3-2-4-14(15)16/h2-9H,10-11H2,1H3. The van der Waals surface area contributed by atoms with Gasteiger partial charge in [-0.25, -0.2) is 0 Å². The number of ether oxygens (including phenoxy) is 1. The predicted molar refractivity (Wildman–Crippen MR) is 84.0 cm³/mol. The first-order valence-corrected chi connectivity index (χ1v) is 8.50. The maximum absolute atomic E-state index is 12.2. The Bertz CT molecular complexity index is 696. The van der Waals surface area contributed by atoms with Crippen molar-refractivity contribution in [1.29, 1.82) is 0 Å². The largest absolute Gasteiger partial charge is 0.384 e. The second kappa shape index (κ2) is 7.06. The minimum absolute atomic E-state index is 0.105. The van der Waals surface area contributed by atoms with E-state index in [1.807, 2.05) is 12.1 Å². The Balaban J connectivity index is 2.16. The van der Waals surface area contributed by atoms with Crippen molar-refractivity contribution in [1.82, 2.24) is 0 Å². The van der Waals surface area contributed by atoms with Gasteiger partial charge >= 0.3 is 10.1 Å². The molecule has 21 heavy (non-hydrogen) atoms. The van der Waals surface area contributed by atoms with Crippen molar-refractivity contribution in [3.63, 3.8) is 0 Å². The van der Waals surface area contributed by atoms with E-state index in [1.54, 1.807) is 37.4 Å². The molecule has 0 aliphatic heterocycles. The van der Waals surface area contributed by atoms with E-state index in [-0.39, 0.29) is 10.6 Å². The van der Waals surface area contributed by atoms with Crippen molar-refractivity contribution in [3.8, 4) is 5.75 Å². The van der Waals surface area contributed by atoms with Crippen molar-refractivity contribution in [2.75, 3.05) is 13.7 Å². The minimum Gasteiger partial charge on any atom is -0.384 e. The highest BCUT2D eigenvalue weighted by Gasteiger charge is 2.19. The van der Waals surface area contributed by atoms with Crippen LogP contribution in [0.1, 0.15) is 5.56 Å². The van der Waals surface area contributed by atoms with Crippen molar-refractivity contribution in [2.24, 2.45) is 0 Å². The van der Waals surface area contributed by atoms with Gasteiger partial charge in [0.15, 0.2) is 0 Å². The van der Waals surface area contributed by atoms with Gasteiger partial charge in [-0.1, -0.05) is 24.3 Å². The van der Waals surface area contributed by atoms with Gasteiger partial charge < -0.3 is 8.92 Å². The van der Waals surface area contributed by atoms with Crippen LogP contribution in [0.25, 0.3) is 0 Å². The number of rotatable bonds is 6. The first-order chi connectivity index (χ1) is 10.0. The molecule has 0 saturated heterocycles. The van der Waals surface area contributed by atoms with Crippen LogP contribution in [-0.4, -0.2) is 22.1 Å². The molecule has 112 valence electrons. The van der Waals surface area contributed by atoms with Crippen LogP contribution in [0.2, 0.25) is 0 Å². The van der Waals surface area contributed by atoms with Crippen LogP contribution in [-0.2, 0) is 21.3 Å². The molecule has 0 unspecified atom stereocenters. The average molecular weight is 371 g/mol. The molecule has 0 bridgehead atoms. The quantitative estimate of drug-likeness (QED) is 0.731. The highest BCUT2D eigenvalue weighted by Crippen LogP contribution is 2.25. The van der Waals surface area contributed by atoms with E-state index in [2.05, 4.69) is 15.9 Å².